The number of hydrogen-bond acceptors (Lipinski definition) is 5. The molecule has 2 heterocycles. The van der Waals surface area contributed by atoms with Gasteiger partial charge in [0.1, 0.15) is 5.76 Å². The summed E-state index contributed by atoms with van der Waals surface area (Å²) >= 11 is 0. The molecule has 1 N–H and O–H groups in total. The lowest BCUT2D eigenvalue weighted by molar-refractivity contribution is -0.143. The van der Waals surface area contributed by atoms with Gasteiger partial charge in [0.15, 0.2) is 0 Å². The van der Waals surface area contributed by atoms with E-state index >= 15 is 0 Å². The molecule has 2 atom stereocenters. The van der Waals surface area contributed by atoms with E-state index in [9.17, 15) is 9.90 Å². The number of aromatic nitrogens is 1. The average molecular weight is 282 g/mol. The van der Waals surface area contributed by atoms with Crippen molar-refractivity contribution in [1.82, 2.24) is 9.88 Å². The van der Waals surface area contributed by atoms with Crippen molar-refractivity contribution in [3.05, 3.63) is 17.3 Å². The van der Waals surface area contributed by atoms with Crippen LogP contribution in [-0.2, 0) is 16.1 Å². The quantitative estimate of drug-likeness (QED) is 0.854. The summed E-state index contributed by atoms with van der Waals surface area (Å²) in [6, 6.07) is -0.111. The monoisotopic (exact) mass is 282 g/mol. The van der Waals surface area contributed by atoms with Crippen molar-refractivity contribution in [3.63, 3.8) is 0 Å². The van der Waals surface area contributed by atoms with E-state index in [1.807, 2.05) is 13.8 Å². The van der Waals surface area contributed by atoms with Crippen molar-refractivity contribution in [2.24, 2.45) is 5.92 Å². The molecule has 0 aromatic carbocycles. The molecule has 1 aliphatic rings. The van der Waals surface area contributed by atoms with E-state index in [1.165, 1.54) is 0 Å². The zero-order valence-electron chi connectivity index (χ0n) is 12.3. The number of rotatable bonds is 6. The van der Waals surface area contributed by atoms with Crippen LogP contribution in [-0.4, -0.2) is 46.8 Å². The molecule has 0 radical (unpaired) electrons. The molecule has 1 saturated heterocycles. The van der Waals surface area contributed by atoms with Crippen LogP contribution in [0.25, 0.3) is 0 Å². The van der Waals surface area contributed by atoms with Crippen LogP contribution >= 0.6 is 0 Å². The number of carboxylic acid groups (broad SMARTS) is 1. The van der Waals surface area contributed by atoms with E-state index in [4.69, 9.17) is 9.15 Å². The fourth-order valence-corrected chi connectivity index (χ4v) is 2.57. The predicted molar refractivity (Wildman–Crippen MR) is 72.4 cm³/mol. The third-order valence-electron chi connectivity index (χ3n) is 3.76. The average Bonchev–Trinajstić information content (AvgIpc) is 2.97. The Morgan fingerprint density at radius 2 is 2.20 bits per heavy atom. The summed E-state index contributed by atoms with van der Waals surface area (Å²) in [7, 11) is 0. The van der Waals surface area contributed by atoms with E-state index in [2.05, 4.69) is 16.8 Å². The Hall–Kier alpha value is -1.40. The fourth-order valence-electron chi connectivity index (χ4n) is 2.57. The lowest BCUT2D eigenvalue weighted by Gasteiger charge is -2.28. The summed E-state index contributed by atoms with van der Waals surface area (Å²) < 4.78 is 11.0. The van der Waals surface area contributed by atoms with Crippen molar-refractivity contribution in [2.75, 3.05) is 19.8 Å². The zero-order valence-corrected chi connectivity index (χ0v) is 12.3. The van der Waals surface area contributed by atoms with Gasteiger partial charge in [-0.15, -0.1) is 0 Å². The van der Waals surface area contributed by atoms with Crippen molar-refractivity contribution in [2.45, 2.75) is 39.8 Å². The van der Waals surface area contributed by atoms with Gasteiger partial charge < -0.3 is 14.3 Å². The summed E-state index contributed by atoms with van der Waals surface area (Å²) in [6.45, 7) is 7.93. The second kappa shape index (κ2) is 6.37. The second-order valence-electron chi connectivity index (χ2n) is 5.27. The summed E-state index contributed by atoms with van der Waals surface area (Å²) in [5.41, 5.74) is 0.883. The maximum absolute atomic E-state index is 11.3. The Kier molecular flexibility index (Phi) is 4.77. The number of ether oxygens (including phenoxy) is 1. The molecular formula is C14H22N2O4. The van der Waals surface area contributed by atoms with Crippen LogP contribution in [0.4, 0.5) is 0 Å². The molecular weight excluding hydrogens is 260 g/mol. The van der Waals surface area contributed by atoms with Crippen LogP contribution in [0.5, 0.6) is 0 Å². The van der Waals surface area contributed by atoms with Crippen LogP contribution in [0.15, 0.2) is 4.42 Å². The number of nitrogens with zero attached hydrogens (tertiary/aromatic N) is 2. The highest BCUT2D eigenvalue weighted by molar-refractivity contribution is 5.71. The van der Waals surface area contributed by atoms with Crippen molar-refractivity contribution in [1.29, 1.82) is 0 Å². The van der Waals surface area contributed by atoms with Crippen molar-refractivity contribution < 1.29 is 19.1 Å². The summed E-state index contributed by atoms with van der Waals surface area (Å²) in [5, 5.41) is 9.27. The van der Waals surface area contributed by atoms with Crippen LogP contribution in [0.1, 0.15) is 30.7 Å². The number of oxazole rings is 1. The summed E-state index contributed by atoms with van der Waals surface area (Å²) in [6.07, 6.45) is 0.946. The van der Waals surface area contributed by atoms with E-state index in [0.717, 1.165) is 24.4 Å². The van der Waals surface area contributed by atoms with Gasteiger partial charge in [-0.25, -0.2) is 4.98 Å². The first-order valence-electron chi connectivity index (χ1n) is 7.00. The first-order valence-corrected chi connectivity index (χ1v) is 7.00. The Bertz CT molecular complexity index is 452. The zero-order chi connectivity index (χ0) is 14.7. The summed E-state index contributed by atoms with van der Waals surface area (Å²) in [5.74, 6) is 0.186. The first-order chi connectivity index (χ1) is 9.52. The van der Waals surface area contributed by atoms with Gasteiger partial charge in [0, 0.05) is 6.04 Å². The minimum atomic E-state index is -0.798. The molecule has 1 aromatic heterocycles. The minimum absolute atomic E-state index is 0.111. The highest BCUT2D eigenvalue weighted by Gasteiger charge is 2.38. The number of hydrogen-bond donors (Lipinski definition) is 1. The Labute approximate surface area is 118 Å². The van der Waals surface area contributed by atoms with Crippen LogP contribution in [0, 0.1) is 19.8 Å². The van der Waals surface area contributed by atoms with Gasteiger partial charge in [0.05, 0.1) is 31.4 Å². The SMILES string of the molecule is CCCN(Cc1nc(C)c(C)o1)C1COCC1C(=O)O. The normalized spacial score (nSPS) is 22.6. The van der Waals surface area contributed by atoms with Crippen LogP contribution in [0.2, 0.25) is 0 Å². The smallest absolute Gasteiger partial charge is 0.310 e. The number of carboxylic acids is 1. The molecule has 0 bridgehead atoms. The molecule has 6 nitrogen and oxygen atoms in total. The topological polar surface area (TPSA) is 75.8 Å². The van der Waals surface area contributed by atoms with E-state index in [-0.39, 0.29) is 12.6 Å². The van der Waals surface area contributed by atoms with Gasteiger partial charge in [-0.3, -0.25) is 9.69 Å². The maximum atomic E-state index is 11.3. The van der Waals surface area contributed by atoms with E-state index in [1.54, 1.807) is 0 Å². The molecule has 0 saturated carbocycles. The Morgan fingerprint density at radius 3 is 2.75 bits per heavy atom. The van der Waals surface area contributed by atoms with E-state index in [0.29, 0.717) is 19.0 Å². The van der Waals surface area contributed by atoms with Crippen LogP contribution in [0.3, 0.4) is 0 Å². The van der Waals surface area contributed by atoms with Gasteiger partial charge in [0.25, 0.3) is 0 Å². The molecule has 2 rings (SSSR count). The Morgan fingerprint density at radius 1 is 1.45 bits per heavy atom. The van der Waals surface area contributed by atoms with Crippen molar-refractivity contribution in [3.8, 4) is 0 Å². The number of aryl methyl sites for hydroxylation is 2. The molecule has 6 heteroatoms. The number of carbonyl (C=O) groups is 1. The molecule has 0 amide bonds. The summed E-state index contributed by atoms with van der Waals surface area (Å²) in [4.78, 5) is 17.8. The van der Waals surface area contributed by atoms with Gasteiger partial charge >= 0.3 is 5.97 Å². The molecule has 0 aliphatic carbocycles. The molecule has 112 valence electrons. The van der Waals surface area contributed by atoms with Gasteiger partial charge in [-0.05, 0) is 26.8 Å². The van der Waals surface area contributed by atoms with Crippen LogP contribution < -0.4 is 0 Å². The standard InChI is InChI=1S/C14H22N2O4/c1-4-5-16(6-13-15-9(2)10(3)20-13)12-8-19-7-11(12)14(17)18/h11-12H,4-8H2,1-3H3,(H,17,18). The second-order valence-corrected chi connectivity index (χ2v) is 5.27. The highest BCUT2D eigenvalue weighted by Crippen LogP contribution is 2.22. The number of aliphatic carboxylic acids is 1. The Balaban J connectivity index is 2.12. The third kappa shape index (κ3) is 3.19. The largest absolute Gasteiger partial charge is 0.481 e. The van der Waals surface area contributed by atoms with Crippen molar-refractivity contribution >= 4 is 5.97 Å². The molecule has 1 aliphatic heterocycles. The lowest BCUT2D eigenvalue weighted by atomic mass is 10.0. The molecule has 1 aromatic rings. The van der Waals surface area contributed by atoms with Gasteiger partial charge in [0.2, 0.25) is 5.89 Å². The molecule has 2 unspecified atom stereocenters. The molecule has 0 spiro atoms. The lowest BCUT2D eigenvalue weighted by Crippen LogP contribution is -2.43. The predicted octanol–water partition coefficient (Wildman–Crippen LogP) is 1.60. The minimum Gasteiger partial charge on any atom is -0.481 e. The van der Waals surface area contributed by atoms with E-state index < -0.39 is 11.9 Å². The molecule has 20 heavy (non-hydrogen) atoms. The highest BCUT2D eigenvalue weighted by atomic mass is 16.5. The van der Waals surface area contributed by atoms with Gasteiger partial charge in [-0.2, -0.15) is 0 Å². The fraction of sp³-hybridized carbons (Fsp3) is 0.714. The maximum Gasteiger partial charge on any atom is 0.310 e. The van der Waals surface area contributed by atoms with Gasteiger partial charge in [-0.1, -0.05) is 6.92 Å². The molecule has 1 fully saturated rings. The first kappa shape index (κ1) is 15.0. The third-order valence-corrected chi connectivity index (χ3v) is 3.76.